The van der Waals surface area contributed by atoms with Gasteiger partial charge in [-0.2, -0.15) is 0 Å². The fraction of sp³-hybridized carbons (Fsp3) is 0.600. The molecule has 1 aliphatic carbocycles. The third-order valence-corrected chi connectivity index (χ3v) is 3.45. The van der Waals surface area contributed by atoms with Crippen molar-refractivity contribution in [1.29, 1.82) is 0 Å². The molecule has 0 radical (unpaired) electrons. The Kier molecular flexibility index (Phi) is 5.48. The lowest BCUT2D eigenvalue weighted by Crippen LogP contribution is -2.37. The molecule has 0 aromatic heterocycles. The zero-order valence-electron chi connectivity index (χ0n) is 11.7. The zero-order chi connectivity index (χ0) is 13.5. The lowest BCUT2D eigenvalue weighted by molar-refractivity contribution is -0.0387. The van der Waals surface area contributed by atoms with Crippen LogP contribution in [0, 0.1) is 5.92 Å². The second-order valence-electron chi connectivity index (χ2n) is 4.91. The maximum absolute atomic E-state index is 5.74. The average molecular weight is 265 g/mol. The third-order valence-electron chi connectivity index (χ3n) is 3.45. The van der Waals surface area contributed by atoms with Crippen LogP contribution in [0.5, 0.6) is 11.5 Å². The molecule has 1 aliphatic rings. The molecule has 0 amide bonds. The van der Waals surface area contributed by atoms with E-state index in [2.05, 4.69) is 5.32 Å². The van der Waals surface area contributed by atoms with E-state index in [1.54, 1.807) is 7.11 Å². The first kappa shape index (κ1) is 14.2. The number of nitrogens with one attached hydrogen (secondary N) is 1. The Balaban J connectivity index is 1.54. The summed E-state index contributed by atoms with van der Waals surface area (Å²) in [5.74, 6) is 2.48. The molecule has 0 saturated heterocycles. The molecule has 0 heterocycles. The van der Waals surface area contributed by atoms with Crippen molar-refractivity contribution in [1.82, 2.24) is 5.32 Å². The van der Waals surface area contributed by atoms with Gasteiger partial charge in [0.2, 0.25) is 0 Å². The molecule has 19 heavy (non-hydrogen) atoms. The van der Waals surface area contributed by atoms with E-state index in [1.807, 2.05) is 31.3 Å². The largest absolute Gasteiger partial charge is 0.497 e. The molecule has 4 nitrogen and oxygen atoms in total. The first-order valence-corrected chi connectivity index (χ1v) is 6.85. The molecule has 1 aromatic rings. The Morgan fingerprint density at radius 2 is 1.79 bits per heavy atom. The summed E-state index contributed by atoms with van der Waals surface area (Å²) in [5.41, 5.74) is 0. The fourth-order valence-electron chi connectivity index (χ4n) is 2.31. The van der Waals surface area contributed by atoms with Crippen LogP contribution in [0.15, 0.2) is 24.3 Å². The maximum Gasteiger partial charge on any atom is 0.119 e. The molecule has 106 valence electrons. The van der Waals surface area contributed by atoms with Gasteiger partial charge in [-0.3, -0.25) is 0 Å². The minimum atomic E-state index is 0.429. The van der Waals surface area contributed by atoms with E-state index in [9.17, 15) is 0 Å². The Hall–Kier alpha value is -1.26. The van der Waals surface area contributed by atoms with Crippen LogP contribution in [0.25, 0.3) is 0 Å². The van der Waals surface area contributed by atoms with E-state index in [-0.39, 0.29) is 0 Å². The molecular formula is C15H23NO3. The maximum atomic E-state index is 5.74. The highest BCUT2D eigenvalue weighted by Gasteiger charge is 2.28. The molecule has 2 rings (SSSR count). The predicted molar refractivity (Wildman–Crippen MR) is 74.9 cm³/mol. The quantitative estimate of drug-likeness (QED) is 0.731. The van der Waals surface area contributed by atoms with Crippen LogP contribution in [0.4, 0.5) is 0 Å². The molecule has 1 fully saturated rings. The highest BCUT2D eigenvalue weighted by atomic mass is 16.5. The van der Waals surface area contributed by atoms with Gasteiger partial charge in [-0.1, -0.05) is 0 Å². The first-order chi connectivity index (χ1) is 9.31. The van der Waals surface area contributed by atoms with E-state index in [0.29, 0.717) is 19.3 Å². The molecule has 0 unspecified atom stereocenters. The van der Waals surface area contributed by atoms with Crippen LogP contribution in [0.1, 0.15) is 12.8 Å². The van der Waals surface area contributed by atoms with E-state index in [4.69, 9.17) is 14.2 Å². The van der Waals surface area contributed by atoms with Crippen molar-refractivity contribution >= 4 is 0 Å². The Labute approximate surface area is 115 Å². The van der Waals surface area contributed by atoms with Crippen molar-refractivity contribution in [2.24, 2.45) is 5.92 Å². The Morgan fingerprint density at radius 1 is 1.11 bits per heavy atom. The van der Waals surface area contributed by atoms with Crippen molar-refractivity contribution in [3.05, 3.63) is 24.3 Å². The minimum absolute atomic E-state index is 0.429. The van der Waals surface area contributed by atoms with Crippen molar-refractivity contribution in [2.45, 2.75) is 18.9 Å². The van der Waals surface area contributed by atoms with Crippen molar-refractivity contribution in [3.63, 3.8) is 0 Å². The molecular weight excluding hydrogens is 242 g/mol. The summed E-state index contributed by atoms with van der Waals surface area (Å²) in [6, 6.07) is 7.60. The molecule has 0 spiro atoms. The summed E-state index contributed by atoms with van der Waals surface area (Å²) in [6.07, 6.45) is 2.77. The number of rotatable bonds is 8. The van der Waals surface area contributed by atoms with Crippen molar-refractivity contribution in [2.75, 3.05) is 33.9 Å². The smallest absolute Gasteiger partial charge is 0.119 e. The third kappa shape index (κ3) is 4.40. The van der Waals surface area contributed by atoms with Crippen LogP contribution in [-0.4, -0.2) is 40.0 Å². The summed E-state index contributed by atoms with van der Waals surface area (Å²) in [5, 5.41) is 3.20. The van der Waals surface area contributed by atoms with Crippen LogP contribution in [0.3, 0.4) is 0 Å². The molecule has 1 N–H and O–H groups in total. The van der Waals surface area contributed by atoms with Crippen LogP contribution in [-0.2, 0) is 4.74 Å². The standard InChI is InChI=1S/C15H23NO3/c1-16-11-12-9-15(10-12)19-8-7-18-14-5-3-13(17-2)4-6-14/h3-6,12,15-16H,7-11H2,1-2H3. The van der Waals surface area contributed by atoms with Gasteiger partial charge in [0.15, 0.2) is 0 Å². The molecule has 4 heteroatoms. The highest BCUT2D eigenvalue weighted by Crippen LogP contribution is 2.29. The van der Waals surface area contributed by atoms with Gasteiger partial charge in [-0.25, -0.2) is 0 Å². The van der Waals surface area contributed by atoms with Gasteiger partial charge in [0.1, 0.15) is 18.1 Å². The minimum Gasteiger partial charge on any atom is -0.497 e. The number of benzene rings is 1. The van der Waals surface area contributed by atoms with Gasteiger partial charge in [0.05, 0.1) is 19.8 Å². The van der Waals surface area contributed by atoms with E-state index < -0.39 is 0 Å². The first-order valence-electron chi connectivity index (χ1n) is 6.85. The van der Waals surface area contributed by atoms with Crippen molar-refractivity contribution < 1.29 is 14.2 Å². The monoisotopic (exact) mass is 265 g/mol. The van der Waals surface area contributed by atoms with E-state index >= 15 is 0 Å². The number of hydrogen-bond donors (Lipinski definition) is 1. The Morgan fingerprint density at radius 3 is 2.42 bits per heavy atom. The second kappa shape index (κ2) is 7.36. The Bertz CT molecular complexity index is 360. The molecule has 1 aromatic carbocycles. The van der Waals surface area contributed by atoms with Gasteiger partial charge < -0.3 is 19.5 Å². The van der Waals surface area contributed by atoms with Crippen LogP contribution in [0.2, 0.25) is 0 Å². The summed E-state index contributed by atoms with van der Waals surface area (Å²) in [6.45, 7) is 2.35. The number of hydrogen-bond acceptors (Lipinski definition) is 4. The molecule has 0 aliphatic heterocycles. The van der Waals surface area contributed by atoms with Crippen LogP contribution < -0.4 is 14.8 Å². The van der Waals surface area contributed by atoms with Crippen molar-refractivity contribution in [3.8, 4) is 11.5 Å². The molecule has 0 atom stereocenters. The van der Waals surface area contributed by atoms with E-state index in [1.165, 1.54) is 12.8 Å². The van der Waals surface area contributed by atoms with Gasteiger partial charge in [-0.15, -0.1) is 0 Å². The lowest BCUT2D eigenvalue weighted by Gasteiger charge is -2.34. The lowest BCUT2D eigenvalue weighted by atomic mass is 9.82. The second-order valence-corrected chi connectivity index (χ2v) is 4.91. The summed E-state index contributed by atoms with van der Waals surface area (Å²) < 4.78 is 16.4. The highest BCUT2D eigenvalue weighted by molar-refractivity contribution is 5.31. The van der Waals surface area contributed by atoms with Gasteiger partial charge in [-0.05, 0) is 56.6 Å². The fourth-order valence-corrected chi connectivity index (χ4v) is 2.31. The van der Waals surface area contributed by atoms with Gasteiger partial charge >= 0.3 is 0 Å². The molecule has 1 saturated carbocycles. The predicted octanol–water partition coefficient (Wildman–Crippen LogP) is 2.09. The van der Waals surface area contributed by atoms with Crippen LogP contribution >= 0.6 is 0 Å². The van der Waals surface area contributed by atoms with Gasteiger partial charge in [0, 0.05) is 0 Å². The SMILES string of the molecule is CNCC1CC(OCCOc2ccc(OC)cc2)C1. The normalized spacial score (nSPS) is 21.8. The summed E-state index contributed by atoms with van der Waals surface area (Å²) in [7, 11) is 3.65. The topological polar surface area (TPSA) is 39.7 Å². The summed E-state index contributed by atoms with van der Waals surface area (Å²) in [4.78, 5) is 0. The zero-order valence-corrected chi connectivity index (χ0v) is 11.7. The number of ether oxygens (including phenoxy) is 3. The van der Waals surface area contributed by atoms with E-state index in [0.717, 1.165) is 24.0 Å². The number of methoxy groups -OCH3 is 1. The summed E-state index contributed by atoms with van der Waals surface area (Å²) >= 11 is 0. The molecule has 0 bridgehead atoms. The van der Waals surface area contributed by atoms with Gasteiger partial charge in [0.25, 0.3) is 0 Å². The average Bonchev–Trinajstić information content (AvgIpc) is 2.41.